The molecule has 2 nitrogen and oxygen atoms in total. The van der Waals surface area contributed by atoms with Gasteiger partial charge in [-0.05, 0) is 25.3 Å². The molecule has 164 valence electrons. The highest BCUT2D eigenvalue weighted by molar-refractivity contribution is 4.63. The summed E-state index contributed by atoms with van der Waals surface area (Å²) in [6, 6.07) is 0. The Bertz CT molecular complexity index is 243. The highest BCUT2D eigenvalue weighted by atomic mass is 16.3. The van der Waals surface area contributed by atoms with Crippen LogP contribution in [0.1, 0.15) is 136 Å². The first-order valence-electron chi connectivity index (χ1n) is 12.6. The molecule has 0 radical (unpaired) electrons. The number of aliphatic hydroxyl groups excluding tert-OH is 1. The molecule has 0 aliphatic heterocycles. The first kappa shape index (κ1) is 26.9. The molecule has 27 heavy (non-hydrogen) atoms. The maximum absolute atomic E-state index is 10.1. The summed E-state index contributed by atoms with van der Waals surface area (Å²) in [5.74, 6) is 0.736. The van der Waals surface area contributed by atoms with Gasteiger partial charge in [0.25, 0.3) is 0 Å². The Hall–Kier alpha value is -0.0800. The van der Waals surface area contributed by atoms with Crippen LogP contribution in [0.4, 0.5) is 0 Å². The van der Waals surface area contributed by atoms with Gasteiger partial charge in [-0.25, -0.2) is 0 Å². The fourth-order valence-electron chi connectivity index (χ4n) is 3.84. The van der Waals surface area contributed by atoms with Gasteiger partial charge in [0, 0.05) is 6.54 Å². The first-order valence-corrected chi connectivity index (χ1v) is 12.6. The van der Waals surface area contributed by atoms with Gasteiger partial charge in [-0.3, -0.25) is 0 Å². The van der Waals surface area contributed by atoms with E-state index >= 15 is 0 Å². The van der Waals surface area contributed by atoms with Crippen molar-refractivity contribution >= 4 is 0 Å². The maximum Gasteiger partial charge on any atom is 0.0664 e. The Morgan fingerprint density at radius 1 is 0.556 bits per heavy atom. The standard InChI is InChI=1S/C25H53NO/c1-4-6-8-10-12-14-16-18-20-24(3)22-26-23-25(27)21-19-17-15-13-11-9-7-5-2/h24-27H,4-23H2,1-3H3. The highest BCUT2D eigenvalue weighted by Crippen LogP contribution is 2.13. The lowest BCUT2D eigenvalue weighted by Gasteiger charge is -2.15. The Balaban J connectivity index is 3.29. The van der Waals surface area contributed by atoms with Gasteiger partial charge in [0.2, 0.25) is 0 Å². The van der Waals surface area contributed by atoms with Crippen LogP contribution in [0.3, 0.4) is 0 Å². The van der Waals surface area contributed by atoms with Gasteiger partial charge in [0.15, 0.2) is 0 Å². The quantitative estimate of drug-likeness (QED) is 0.188. The van der Waals surface area contributed by atoms with Crippen molar-refractivity contribution in [1.29, 1.82) is 0 Å². The molecular weight excluding hydrogens is 330 g/mol. The van der Waals surface area contributed by atoms with Crippen LogP contribution in [-0.4, -0.2) is 24.3 Å². The largest absolute Gasteiger partial charge is 0.392 e. The van der Waals surface area contributed by atoms with E-state index in [4.69, 9.17) is 0 Å². The summed E-state index contributed by atoms with van der Waals surface area (Å²) >= 11 is 0. The normalized spacial score (nSPS) is 13.8. The molecule has 0 aromatic carbocycles. The molecule has 0 fully saturated rings. The van der Waals surface area contributed by atoms with E-state index in [1.54, 1.807) is 0 Å². The molecule has 0 amide bonds. The predicted molar refractivity (Wildman–Crippen MR) is 122 cm³/mol. The topological polar surface area (TPSA) is 32.3 Å². The van der Waals surface area contributed by atoms with Crippen LogP contribution in [-0.2, 0) is 0 Å². The second-order valence-electron chi connectivity index (χ2n) is 8.94. The summed E-state index contributed by atoms with van der Waals surface area (Å²) in [7, 11) is 0. The Kier molecular flexibility index (Phi) is 22.1. The molecule has 2 atom stereocenters. The number of hydrogen-bond donors (Lipinski definition) is 2. The van der Waals surface area contributed by atoms with E-state index in [0.717, 1.165) is 25.4 Å². The SMILES string of the molecule is CCCCCCCCCCC(C)CNCC(O)CCCCCCCCCC. The number of nitrogens with one attached hydrogen (secondary N) is 1. The Labute approximate surface area is 172 Å². The van der Waals surface area contributed by atoms with Crippen molar-refractivity contribution in [2.24, 2.45) is 5.92 Å². The Morgan fingerprint density at radius 3 is 1.44 bits per heavy atom. The van der Waals surface area contributed by atoms with Crippen molar-refractivity contribution in [1.82, 2.24) is 5.32 Å². The highest BCUT2D eigenvalue weighted by Gasteiger charge is 2.06. The van der Waals surface area contributed by atoms with E-state index in [9.17, 15) is 5.11 Å². The average Bonchev–Trinajstić information content (AvgIpc) is 2.66. The number of hydrogen-bond acceptors (Lipinski definition) is 2. The van der Waals surface area contributed by atoms with E-state index in [1.807, 2.05) is 0 Å². The van der Waals surface area contributed by atoms with Crippen molar-refractivity contribution < 1.29 is 5.11 Å². The van der Waals surface area contributed by atoms with E-state index < -0.39 is 0 Å². The van der Waals surface area contributed by atoms with Crippen LogP contribution in [0.15, 0.2) is 0 Å². The minimum atomic E-state index is -0.152. The van der Waals surface area contributed by atoms with Crippen LogP contribution in [0.25, 0.3) is 0 Å². The second kappa shape index (κ2) is 22.2. The summed E-state index contributed by atoms with van der Waals surface area (Å²) in [4.78, 5) is 0. The van der Waals surface area contributed by atoms with Crippen molar-refractivity contribution in [3.8, 4) is 0 Å². The Morgan fingerprint density at radius 2 is 0.963 bits per heavy atom. The number of aliphatic hydroxyl groups is 1. The molecule has 0 bridgehead atoms. The minimum Gasteiger partial charge on any atom is -0.392 e. The lowest BCUT2D eigenvalue weighted by atomic mass is 10.0. The molecule has 0 aromatic rings. The van der Waals surface area contributed by atoms with E-state index in [-0.39, 0.29) is 6.10 Å². The van der Waals surface area contributed by atoms with Crippen LogP contribution < -0.4 is 5.32 Å². The predicted octanol–water partition coefficient (Wildman–Crippen LogP) is 7.63. The fourth-order valence-corrected chi connectivity index (χ4v) is 3.84. The molecule has 0 aliphatic carbocycles. The summed E-state index contributed by atoms with van der Waals surface area (Å²) < 4.78 is 0. The maximum atomic E-state index is 10.1. The zero-order valence-corrected chi connectivity index (χ0v) is 19.2. The minimum absolute atomic E-state index is 0.152. The third-order valence-electron chi connectivity index (χ3n) is 5.81. The molecule has 0 rings (SSSR count). The lowest BCUT2D eigenvalue weighted by Crippen LogP contribution is -2.30. The molecular formula is C25H53NO. The van der Waals surface area contributed by atoms with Crippen molar-refractivity contribution in [3.05, 3.63) is 0 Å². The summed E-state index contributed by atoms with van der Waals surface area (Å²) in [6.45, 7) is 8.74. The van der Waals surface area contributed by atoms with E-state index in [1.165, 1.54) is 109 Å². The zero-order chi connectivity index (χ0) is 20.0. The third-order valence-corrected chi connectivity index (χ3v) is 5.81. The summed E-state index contributed by atoms with van der Waals surface area (Å²) in [6.07, 6.45) is 24.1. The average molecular weight is 384 g/mol. The van der Waals surface area contributed by atoms with Gasteiger partial charge in [0.1, 0.15) is 0 Å². The van der Waals surface area contributed by atoms with Crippen molar-refractivity contribution in [2.75, 3.05) is 13.1 Å². The molecule has 0 spiro atoms. The third kappa shape index (κ3) is 22.1. The van der Waals surface area contributed by atoms with Crippen LogP contribution in [0.2, 0.25) is 0 Å². The van der Waals surface area contributed by atoms with E-state index in [0.29, 0.717) is 0 Å². The molecule has 2 N–H and O–H groups in total. The van der Waals surface area contributed by atoms with Gasteiger partial charge in [0.05, 0.1) is 6.10 Å². The lowest BCUT2D eigenvalue weighted by molar-refractivity contribution is 0.156. The number of unbranched alkanes of at least 4 members (excludes halogenated alkanes) is 14. The monoisotopic (exact) mass is 383 g/mol. The molecule has 0 saturated heterocycles. The van der Waals surface area contributed by atoms with Crippen LogP contribution in [0, 0.1) is 5.92 Å². The fraction of sp³-hybridized carbons (Fsp3) is 1.00. The van der Waals surface area contributed by atoms with Gasteiger partial charge >= 0.3 is 0 Å². The second-order valence-corrected chi connectivity index (χ2v) is 8.94. The molecule has 0 aromatic heterocycles. The summed E-state index contributed by atoms with van der Waals surface area (Å²) in [5.41, 5.74) is 0. The smallest absolute Gasteiger partial charge is 0.0664 e. The summed E-state index contributed by atoms with van der Waals surface area (Å²) in [5, 5.41) is 13.6. The molecule has 0 heterocycles. The van der Waals surface area contributed by atoms with Gasteiger partial charge < -0.3 is 10.4 Å². The van der Waals surface area contributed by atoms with Gasteiger partial charge in [-0.1, -0.05) is 124 Å². The van der Waals surface area contributed by atoms with Gasteiger partial charge in [-0.15, -0.1) is 0 Å². The molecule has 0 aliphatic rings. The molecule has 2 heteroatoms. The van der Waals surface area contributed by atoms with Crippen LogP contribution in [0.5, 0.6) is 0 Å². The molecule has 0 saturated carbocycles. The van der Waals surface area contributed by atoms with E-state index in [2.05, 4.69) is 26.1 Å². The number of rotatable bonds is 22. The zero-order valence-electron chi connectivity index (χ0n) is 19.2. The first-order chi connectivity index (χ1) is 13.2. The van der Waals surface area contributed by atoms with Crippen LogP contribution >= 0.6 is 0 Å². The van der Waals surface area contributed by atoms with Crippen molar-refractivity contribution in [3.63, 3.8) is 0 Å². The molecule has 2 unspecified atom stereocenters. The van der Waals surface area contributed by atoms with Crippen molar-refractivity contribution in [2.45, 2.75) is 142 Å². The van der Waals surface area contributed by atoms with Gasteiger partial charge in [-0.2, -0.15) is 0 Å².